The molecular weight excluding hydrogens is 260 g/mol. The van der Waals surface area contributed by atoms with Crippen LogP contribution in [0.1, 0.15) is 37.9 Å². The quantitative estimate of drug-likeness (QED) is 0.860. The molecule has 3 unspecified atom stereocenters. The molecule has 110 valence electrons. The van der Waals surface area contributed by atoms with Crippen LogP contribution in [-0.4, -0.2) is 5.11 Å². The molecule has 1 fully saturated rings. The molecule has 2 aromatic rings. The molecular formula is C19H22O2. The van der Waals surface area contributed by atoms with Gasteiger partial charge in [0, 0.05) is 0 Å². The van der Waals surface area contributed by atoms with Crippen LogP contribution >= 0.6 is 0 Å². The molecule has 2 aromatic carbocycles. The highest BCUT2D eigenvalue weighted by Crippen LogP contribution is 2.40. The minimum Gasteiger partial charge on any atom is -0.457 e. The molecule has 21 heavy (non-hydrogen) atoms. The van der Waals surface area contributed by atoms with E-state index in [9.17, 15) is 5.11 Å². The van der Waals surface area contributed by atoms with Gasteiger partial charge in [-0.15, -0.1) is 0 Å². The fourth-order valence-electron chi connectivity index (χ4n) is 3.25. The maximum absolute atomic E-state index is 10.5. The van der Waals surface area contributed by atoms with Crippen LogP contribution in [0.3, 0.4) is 0 Å². The first-order valence-corrected chi connectivity index (χ1v) is 7.75. The molecule has 3 rings (SSSR count). The van der Waals surface area contributed by atoms with Crippen molar-refractivity contribution in [1.29, 1.82) is 0 Å². The largest absolute Gasteiger partial charge is 0.457 e. The summed E-state index contributed by atoms with van der Waals surface area (Å²) < 4.78 is 5.78. The summed E-state index contributed by atoms with van der Waals surface area (Å²) in [5, 5.41) is 10.5. The van der Waals surface area contributed by atoms with Crippen LogP contribution in [0.5, 0.6) is 11.5 Å². The molecule has 0 bridgehead atoms. The van der Waals surface area contributed by atoms with Gasteiger partial charge in [-0.3, -0.25) is 0 Å². The minimum atomic E-state index is -0.353. The van der Waals surface area contributed by atoms with Crippen LogP contribution in [0.15, 0.2) is 54.6 Å². The molecule has 0 radical (unpaired) electrons. The predicted molar refractivity (Wildman–Crippen MR) is 84.4 cm³/mol. The molecule has 0 heterocycles. The maximum atomic E-state index is 10.5. The fourth-order valence-corrected chi connectivity index (χ4v) is 3.25. The highest BCUT2D eigenvalue weighted by Gasteiger charge is 2.30. The van der Waals surface area contributed by atoms with E-state index in [-0.39, 0.29) is 6.10 Å². The van der Waals surface area contributed by atoms with E-state index in [4.69, 9.17) is 4.74 Å². The summed E-state index contributed by atoms with van der Waals surface area (Å²) >= 11 is 0. The molecule has 1 saturated carbocycles. The van der Waals surface area contributed by atoms with Gasteiger partial charge in [-0.25, -0.2) is 0 Å². The number of benzene rings is 2. The monoisotopic (exact) mass is 282 g/mol. The SMILES string of the molecule is CC1CCCC1C(O)c1ccc(Oc2ccccc2)cc1. The standard InChI is InChI=1S/C19H22O2/c1-14-6-5-9-18(14)19(20)15-10-12-17(13-11-15)21-16-7-3-2-4-8-16/h2-4,7-8,10-14,18-20H,5-6,9H2,1H3. The van der Waals surface area contributed by atoms with Gasteiger partial charge in [-0.1, -0.05) is 50.1 Å². The normalized spacial score (nSPS) is 23.0. The molecule has 0 spiro atoms. The number of para-hydroxylation sites is 1. The van der Waals surface area contributed by atoms with Gasteiger partial charge in [0.15, 0.2) is 0 Å². The summed E-state index contributed by atoms with van der Waals surface area (Å²) in [7, 11) is 0. The number of ether oxygens (including phenoxy) is 1. The van der Waals surface area contributed by atoms with Crippen molar-refractivity contribution in [1.82, 2.24) is 0 Å². The average Bonchev–Trinajstić information content (AvgIpc) is 2.94. The second kappa shape index (κ2) is 6.31. The maximum Gasteiger partial charge on any atom is 0.127 e. The highest BCUT2D eigenvalue weighted by atomic mass is 16.5. The summed E-state index contributed by atoms with van der Waals surface area (Å²) in [4.78, 5) is 0. The molecule has 1 aliphatic rings. The van der Waals surface area contributed by atoms with Crippen molar-refractivity contribution in [3.05, 3.63) is 60.2 Å². The first kappa shape index (κ1) is 14.2. The second-order valence-electron chi connectivity index (χ2n) is 6.00. The Morgan fingerprint density at radius 3 is 2.24 bits per heavy atom. The third-order valence-electron chi connectivity index (χ3n) is 4.53. The van der Waals surface area contributed by atoms with E-state index in [0.29, 0.717) is 11.8 Å². The molecule has 2 heteroatoms. The van der Waals surface area contributed by atoms with Crippen molar-refractivity contribution < 1.29 is 9.84 Å². The minimum absolute atomic E-state index is 0.353. The van der Waals surface area contributed by atoms with E-state index in [0.717, 1.165) is 23.5 Å². The van der Waals surface area contributed by atoms with Gasteiger partial charge in [0.05, 0.1) is 6.10 Å². The molecule has 3 atom stereocenters. The first-order valence-electron chi connectivity index (χ1n) is 7.75. The lowest BCUT2D eigenvalue weighted by Crippen LogP contribution is -2.14. The molecule has 0 aromatic heterocycles. The van der Waals surface area contributed by atoms with E-state index in [1.807, 2.05) is 54.6 Å². The van der Waals surface area contributed by atoms with E-state index in [1.165, 1.54) is 12.8 Å². The van der Waals surface area contributed by atoms with E-state index in [1.54, 1.807) is 0 Å². The zero-order chi connectivity index (χ0) is 14.7. The zero-order valence-electron chi connectivity index (χ0n) is 12.4. The summed E-state index contributed by atoms with van der Waals surface area (Å²) in [6.07, 6.45) is 3.24. The van der Waals surface area contributed by atoms with Crippen molar-refractivity contribution in [3.63, 3.8) is 0 Å². The number of aliphatic hydroxyl groups is 1. The van der Waals surface area contributed by atoms with Gasteiger partial charge in [0.25, 0.3) is 0 Å². The Morgan fingerprint density at radius 2 is 1.62 bits per heavy atom. The number of hydrogen-bond donors (Lipinski definition) is 1. The van der Waals surface area contributed by atoms with Crippen LogP contribution in [0.4, 0.5) is 0 Å². The molecule has 0 aliphatic heterocycles. The first-order chi connectivity index (χ1) is 10.2. The van der Waals surface area contributed by atoms with Crippen LogP contribution in [0.2, 0.25) is 0 Å². The van der Waals surface area contributed by atoms with Crippen molar-refractivity contribution in [2.45, 2.75) is 32.3 Å². The van der Waals surface area contributed by atoms with Crippen molar-refractivity contribution in [2.75, 3.05) is 0 Å². The number of rotatable bonds is 4. The molecule has 2 nitrogen and oxygen atoms in total. The molecule has 1 aliphatic carbocycles. The number of hydrogen-bond acceptors (Lipinski definition) is 2. The zero-order valence-corrected chi connectivity index (χ0v) is 12.4. The Kier molecular flexibility index (Phi) is 4.26. The Labute approximate surface area is 126 Å². The van der Waals surface area contributed by atoms with Crippen LogP contribution in [0.25, 0.3) is 0 Å². The second-order valence-corrected chi connectivity index (χ2v) is 6.00. The van der Waals surface area contributed by atoms with Gasteiger partial charge >= 0.3 is 0 Å². The lowest BCUT2D eigenvalue weighted by molar-refractivity contribution is 0.0900. The lowest BCUT2D eigenvalue weighted by atomic mass is 9.88. The third kappa shape index (κ3) is 3.27. The van der Waals surface area contributed by atoms with Crippen LogP contribution in [0, 0.1) is 11.8 Å². The third-order valence-corrected chi connectivity index (χ3v) is 4.53. The molecule has 0 saturated heterocycles. The molecule has 0 amide bonds. The van der Waals surface area contributed by atoms with Gasteiger partial charge in [0.2, 0.25) is 0 Å². The van der Waals surface area contributed by atoms with Crippen molar-refractivity contribution in [2.24, 2.45) is 11.8 Å². The van der Waals surface area contributed by atoms with Gasteiger partial charge in [0.1, 0.15) is 11.5 Å². The van der Waals surface area contributed by atoms with Crippen LogP contribution < -0.4 is 4.74 Å². The van der Waals surface area contributed by atoms with E-state index < -0.39 is 0 Å². The lowest BCUT2D eigenvalue weighted by Gasteiger charge is -2.22. The summed E-state index contributed by atoms with van der Waals surface area (Å²) in [6, 6.07) is 17.6. The van der Waals surface area contributed by atoms with Crippen LogP contribution in [-0.2, 0) is 0 Å². The van der Waals surface area contributed by atoms with E-state index in [2.05, 4.69) is 6.92 Å². The summed E-state index contributed by atoms with van der Waals surface area (Å²) in [6.45, 7) is 2.24. The van der Waals surface area contributed by atoms with Gasteiger partial charge in [-0.2, -0.15) is 0 Å². The van der Waals surface area contributed by atoms with Gasteiger partial charge in [-0.05, 0) is 48.1 Å². The number of aliphatic hydroxyl groups excluding tert-OH is 1. The smallest absolute Gasteiger partial charge is 0.127 e. The molecule has 1 N–H and O–H groups in total. The summed E-state index contributed by atoms with van der Waals surface area (Å²) in [5.41, 5.74) is 0.995. The predicted octanol–water partition coefficient (Wildman–Crippen LogP) is 4.95. The van der Waals surface area contributed by atoms with E-state index >= 15 is 0 Å². The average molecular weight is 282 g/mol. The van der Waals surface area contributed by atoms with Crippen molar-refractivity contribution in [3.8, 4) is 11.5 Å². The van der Waals surface area contributed by atoms with Crippen molar-refractivity contribution >= 4 is 0 Å². The topological polar surface area (TPSA) is 29.5 Å². The Bertz CT molecular complexity index is 562. The Balaban J connectivity index is 1.69. The summed E-state index contributed by atoms with van der Waals surface area (Å²) in [5.74, 6) is 2.64. The Morgan fingerprint density at radius 1 is 0.952 bits per heavy atom. The fraction of sp³-hybridized carbons (Fsp3) is 0.368. The Hall–Kier alpha value is -1.80. The highest BCUT2D eigenvalue weighted by molar-refractivity contribution is 5.33. The van der Waals surface area contributed by atoms with Gasteiger partial charge < -0.3 is 9.84 Å².